The van der Waals surface area contributed by atoms with Crippen LogP contribution in [0, 0.1) is 0 Å². The van der Waals surface area contributed by atoms with Crippen LogP contribution in [0.15, 0.2) is 53.4 Å². The Morgan fingerprint density at radius 2 is 1.76 bits per heavy atom. The number of amides is 1. The van der Waals surface area contributed by atoms with Crippen molar-refractivity contribution in [2.45, 2.75) is 17.6 Å². The zero-order valence-corrected chi connectivity index (χ0v) is 12.3. The van der Waals surface area contributed by atoms with Crippen LogP contribution in [0.1, 0.15) is 22.8 Å². The molecule has 0 aliphatic rings. The predicted octanol–water partition coefficient (Wildman–Crippen LogP) is 3.64. The van der Waals surface area contributed by atoms with Gasteiger partial charge in [0.2, 0.25) is 5.91 Å². The van der Waals surface area contributed by atoms with Gasteiger partial charge >= 0.3 is 5.97 Å². The molecule has 0 saturated carbocycles. The smallest absolute Gasteiger partial charge is 0.335 e. The topological polar surface area (TPSA) is 66.4 Å². The lowest BCUT2D eigenvalue weighted by atomic mass is 10.1. The van der Waals surface area contributed by atoms with Crippen LogP contribution >= 0.6 is 11.8 Å². The largest absolute Gasteiger partial charge is 0.478 e. The first-order valence-corrected chi connectivity index (χ1v) is 7.36. The molecule has 5 heteroatoms. The Bertz CT molecular complexity index is 653. The van der Waals surface area contributed by atoms with Crippen molar-refractivity contribution in [3.05, 3.63) is 59.7 Å². The highest BCUT2D eigenvalue weighted by atomic mass is 32.2. The summed E-state index contributed by atoms with van der Waals surface area (Å²) in [6.07, 6.45) is 0. The van der Waals surface area contributed by atoms with E-state index in [1.807, 2.05) is 36.4 Å². The maximum Gasteiger partial charge on any atom is 0.335 e. The van der Waals surface area contributed by atoms with Crippen LogP contribution in [0.25, 0.3) is 0 Å². The molecule has 4 nitrogen and oxygen atoms in total. The van der Waals surface area contributed by atoms with Crippen molar-refractivity contribution < 1.29 is 14.7 Å². The number of hydrogen-bond donors (Lipinski definition) is 2. The SMILES string of the molecule is CC(=O)Nc1ccc(SCc2ccccc2C(=O)O)cc1. The minimum Gasteiger partial charge on any atom is -0.478 e. The second kappa shape index (κ2) is 6.95. The molecule has 0 aliphatic carbocycles. The van der Waals surface area contributed by atoms with Gasteiger partial charge in [-0.15, -0.1) is 11.8 Å². The van der Waals surface area contributed by atoms with Gasteiger partial charge < -0.3 is 10.4 Å². The summed E-state index contributed by atoms with van der Waals surface area (Å²) in [5.41, 5.74) is 1.87. The second-order valence-corrected chi connectivity index (χ2v) is 5.51. The number of benzene rings is 2. The molecular formula is C16H15NO3S. The standard InChI is InChI=1S/C16H15NO3S/c1-11(18)17-13-6-8-14(9-7-13)21-10-12-4-2-3-5-15(12)16(19)20/h2-9H,10H2,1H3,(H,17,18)(H,19,20). The Hall–Kier alpha value is -2.27. The number of thioether (sulfide) groups is 1. The predicted molar refractivity (Wildman–Crippen MR) is 83.7 cm³/mol. The minimum absolute atomic E-state index is 0.106. The highest BCUT2D eigenvalue weighted by Crippen LogP contribution is 2.25. The molecule has 0 fully saturated rings. The van der Waals surface area contributed by atoms with Crippen LogP contribution in [0.2, 0.25) is 0 Å². The third kappa shape index (κ3) is 4.36. The lowest BCUT2D eigenvalue weighted by molar-refractivity contribution is -0.114. The Morgan fingerprint density at radius 3 is 2.38 bits per heavy atom. The summed E-state index contributed by atoms with van der Waals surface area (Å²) < 4.78 is 0. The molecule has 0 aromatic heterocycles. The van der Waals surface area contributed by atoms with E-state index in [9.17, 15) is 9.59 Å². The summed E-state index contributed by atoms with van der Waals surface area (Å²) in [5.74, 6) is -0.430. The number of carbonyl (C=O) groups is 2. The molecule has 1 amide bonds. The van der Waals surface area contributed by atoms with Gasteiger partial charge in [-0.25, -0.2) is 4.79 Å². The number of carboxylic acid groups (broad SMARTS) is 1. The van der Waals surface area contributed by atoms with Gasteiger partial charge in [-0.3, -0.25) is 4.79 Å². The van der Waals surface area contributed by atoms with Gasteiger partial charge in [0, 0.05) is 23.3 Å². The van der Waals surface area contributed by atoms with Crippen molar-refractivity contribution in [1.82, 2.24) is 0 Å². The van der Waals surface area contributed by atoms with Gasteiger partial charge in [0.05, 0.1) is 5.56 Å². The van der Waals surface area contributed by atoms with E-state index in [4.69, 9.17) is 5.11 Å². The minimum atomic E-state index is -0.910. The van der Waals surface area contributed by atoms with Crippen LogP contribution in [-0.4, -0.2) is 17.0 Å². The van der Waals surface area contributed by atoms with E-state index < -0.39 is 5.97 Å². The van der Waals surface area contributed by atoms with Crippen LogP contribution in [0.5, 0.6) is 0 Å². The number of carboxylic acids is 1. The van der Waals surface area contributed by atoms with Gasteiger partial charge in [0.1, 0.15) is 0 Å². The van der Waals surface area contributed by atoms with Gasteiger partial charge in [-0.2, -0.15) is 0 Å². The van der Waals surface area contributed by atoms with E-state index in [1.165, 1.54) is 6.92 Å². The molecule has 2 N–H and O–H groups in total. The molecule has 0 radical (unpaired) electrons. The highest BCUT2D eigenvalue weighted by molar-refractivity contribution is 7.98. The maximum atomic E-state index is 11.1. The van der Waals surface area contributed by atoms with E-state index in [0.717, 1.165) is 16.1 Å². The van der Waals surface area contributed by atoms with Crippen LogP contribution in [-0.2, 0) is 10.5 Å². The van der Waals surface area contributed by atoms with Crippen LogP contribution in [0.3, 0.4) is 0 Å². The number of rotatable bonds is 5. The first-order valence-electron chi connectivity index (χ1n) is 6.38. The monoisotopic (exact) mass is 301 g/mol. The van der Waals surface area contributed by atoms with Crippen molar-refractivity contribution in [1.29, 1.82) is 0 Å². The van der Waals surface area contributed by atoms with E-state index in [2.05, 4.69) is 5.32 Å². The molecule has 2 aromatic carbocycles. The Kier molecular flexibility index (Phi) is 5.00. The Balaban J connectivity index is 2.03. The van der Waals surface area contributed by atoms with Gasteiger partial charge in [-0.1, -0.05) is 18.2 Å². The molecule has 108 valence electrons. The summed E-state index contributed by atoms with van der Waals surface area (Å²) in [6, 6.07) is 14.4. The zero-order valence-electron chi connectivity index (χ0n) is 11.5. The zero-order chi connectivity index (χ0) is 15.2. The van der Waals surface area contributed by atoms with E-state index in [1.54, 1.807) is 23.9 Å². The van der Waals surface area contributed by atoms with Crippen molar-refractivity contribution in [3.8, 4) is 0 Å². The van der Waals surface area contributed by atoms with Gasteiger partial charge in [0.25, 0.3) is 0 Å². The first kappa shape index (κ1) is 15.1. The van der Waals surface area contributed by atoms with Crippen molar-refractivity contribution >= 4 is 29.3 Å². The molecule has 0 aliphatic heterocycles. The van der Waals surface area contributed by atoms with Crippen molar-refractivity contribution in [3.63, 3.8) is 0 Å². The number of aromatic carboxylic acids is 1. The van der Waals surface area contributed by atoms with E-state index >= 15 is 0 Å². The number of carbonyl (C=O) groups excluding carboxylic acids is 1. The third-order valence-electron chi connectivity index (χ3n) is 2.82. The average Bonchev–Trinajstić information content (AvgIpc) is 2.46. The number of nitrogens with one attached hydrogen (secondary N) is 1. The molecule has 2 aromatic rings. The summed E-state index contributed by atoms with van der Waals surface area (Å²) in [4.78, 5) is 23.1. The molecular weight excluding hydrogens is 286 g/mol. The Labute approximate surface area is 127 Å². The van der Waals surface area contributed by atoms with Gasteiger partial charge in [0.15, 0.2) is 0 Å². The number of hydrogen-bond acceptors (Lipinski definition) is 3. The summed E-state index contributed by atoms with van der Waals surface area (Å²) in [6.45, 7) is 1.46. The van der Waals surface area contributed by atoms with Crippen molar-refractivity contribution in [2.24, 2.45) is 0 Å². The highest BCUT2D eigenvalue weighted by Gasteiger charge is 2.09. The molecule has 2 rings (SSSR count). The van der Waals surface area contributed by atoms with Crippen LogP contribution in [0.4, 0.5) is 5.69 Å². The van der Waals surface area contributed by atoms with Crippen LogP contribution < -0.4 is 5.32 Å². The van der Waals surface area contributed by atoms with E-state index in [-0.39, 0.29) is 5.91 Å². The summed E-state index contributed by atoms with van der Waals surface area (Å²) >= 11 is 1.56. The quantitative estimate of drug-likeness (QED) is 0.828. The second-order valence-electron chi connectivity index (χ2n) is 4.46. The summed E-state index contributed by atoms with van der Waals surface area (Å²) in [7, 11) is 0. The molecule has 0 spiro atoms. The molecule has 21 heavy (non-hydrogen) atoms. The lowest BCUT2D eigenvalue weighted by Crippen LogP contribution is -2.05. The van der Waals surface area contributed by atoms with Crippen molar-refractivity contribution in [2.75, 3.05) is 5.32 Å². The molecule has 0 bridgehead atoms. The first-order chi connectivity index (χ1) is 10.1. The van der Waals surface area contributed by atoms with Gasteiger partial charge in [-0.05, 0) is 35.9 Å². The fourth-order valence-corrected chi connectivity index (χ4v) is 2.76. The Morgan fingerprint density at radius 1 is 1.10 bits per heavy atom. The maximum absolute atomic E-state index is 11.1. The average molecular weight is 301 g/mol. The molecule has 0 atom stereocenters. The lowest BCUT2D eigenvalue weighted by Gasteiger charge is -2.07. The third-order valence-corrected chi connectivity index (χ3v) is 3.88. The fraction of sp³-hybridized carbons (Fsp3) is 0.125. The summed E-state index contributed by atoms with van der Waals surface area (Å²) in [5, 5.41) is 11.8. The molecule has 0 unspecified atom stereocenters. The fourth-order valence-electron chi connectivity index (χ4n) is 1.85. The molecule has 0 saturated heterocycles. The molecule has 0 heterocycles. The normalized spacial score (nSPS) is 10.1. The van der Waals surface area contributed by atoms with E-state index in [0.29, 0.717) is 11.3 Å². The number of anilines is 1.